The van der Waals surface area contributed by atoms with Crippen LogP contribution >= 0.6 is 0 Å². The van der Waals surface area contributed by atoms with E-state index in [9.17, 15) is 0 Å². The van der Waals surface area contributed by atoms with E-state index in [1.54, 1.807) is 0 Å². The van der Waals surface area contributed by atoms with Crippen LogP contribution in [0.1, 0.15) is 13.8 Å². The zero-order valence-electron chi connectivity index (χ0n) is 11.0. The van der Waals surface area contributed by atoms with Crippen LogP contribution in [0.5, 0.6) is 0 Å². The lowest BCUT2D eigenvalue weighted by atomic mass is 10.4. The minimum Gasteiger partial charge on any atom is -0.314 e. The van der Waals surface area contributed by atoms with Crippen LogP contribution in [0.3, 0.4) is 0 Å². The normalized spacial score (nSPS) is 23.6. The molecule has 0 aromatic heterocycles. The summed E-state index contributed by atoms with van der Waals surface area (Å²) >= 11 is 0. The van der Waals surface area contributed by atoms with Crippen LogP contribution in [0.25, 0.3) is 0 Å². The molecule has 0 aromatic carbocycles. The van der Waals surface area contributed by atoms with Gasteiger partial charge in [0.2, 0.25) is 0 Å². The third-order valence-electron chi connectivity index (χ3n) is 3.31. The Hall–Kier alpha value is -0.160. The predicted molar refractivity (Wildman–Crippen MR) is 70.0 cm³/mol. The molecule has 0 saturated carbocycles. The lowest BCUT2D eigenvalue weighted by molar-refractivity contribution is 0.253. The molecule has 0 bridgehead atoms. The number of hydrogen-bond donors (Lipinski definition) is 2. The predicted octanol–water partition coefficient (Wildman–Crippen LogP) is -0.177. The van der Waals surface area contributed by atoms with Crippen LogP contribution in [-0.2, 0) is 0 Å². The third-order valence-corrected chi connectivity index (χ3v) is 3.31. The average molecular weight is 228 g/mol. The maximum Gasteiger partial charge on any atom is 0.0107 e. The molecule has 1 rings (SSSR count). The SMILES string of the molecule is CCN1CCNCCN(CC)CCNCC1. The summed E-state index contributed by atoms with van der Waals surface area (Å²) in [5.74, 6) is 0. The van der Waals surface area contributed by atoms with Crippen molar-refractivity contribution in [2.75, 3.05) is 65.4 Å². The van der Waals surface area contributed by atoms with Crippen molar-refractivity contribution >= 4 is 0 Å². The van der Waals surface area contributed by atoms with Crippen LogP contribution < -0.4 is 10.6 Å². The van der Waals surface area contributed by atoms with E-state index in [1.165, 1.54) is 26.2 Å². The molecule has 0 aromatic rings. The molecular formula is C12H28N4. The molecular weight excluding hydrogens is 200 g/mol. The van der Waals surface area contributed by atoms with E-state index in [0.29, 0.717) is 0 Å². The van der Waals surface area contributed by atoms with Crippen LogP contribution in [0.4, 0.5) is 0 Å². The second kappa shape index (κ2) is 8.93. The first-order valence-corrected chi connectivity index (χ1v) is 6.73. The number of rotatable bonds is 2. The highest BCUT2D eigenvalue weighted by Crippen LogP contribution is 1.89. The molecule has 4 heteroatoms. The van der Waals surface area contributed by atoms with Gasteiger partial charge in [0, 0.05) is 52.4 Å². The van der Waals surface area contributed by atoms with Gasteiger partial charge < -0.3 is 20.4 Å². The Balaban J connectivity index is 2.27. The fourth-order valence-electron chi connectivity index (χ4n) is 2.05. The molecule has 0 radical (unpaired) electrons. The summed E-state index contributed by atoms with van der Waals surface area (Å²) in [6, 6.07) is 0. The van der Waals surface area contributed by atoms with Crippen LogP contribution in [0.15, 0.2) is 0 Å². The maximum atomic E-state index is 3.53. The van der Waals surface area contributed by atoms with Gasteiger partial charge in [0.15, 0.2) is 0 Å². The summed E-state index contributed by atoms with van der Waals surface area (Å²) in [4.78, 5) is 5.00. The number of nitrogens with one attached hydrogen (secondary N) is 2. The standard InChI is InChI=1S/C12H28N4/c1-3-15-9-5-13-7-11-16(4-2)12-8-14-6-10-15/h13-14H,3-12H2,1-2H3. The molecule has 1 aliphatic rings. The first-order chi connectivity index (χ1) is 7.86. The average Bonchev–Trinajstić information content (AvgIpc) is 2.30. The van der Waals surface area contributed by atoms with E-state index in [-0.39, 0.29) is 0 Å². The lowest BCUT2D eigenvalue weighted by Gasteiger charge is -2.25. The molecule has 0 amide bonds. The van der Waals surface area contributed by atoms with Gasteiger partial charge in [-0.15, -0.1) is 0 Å². The Morgan fingerprint density at radius 1 is 0.688 bits per heavy atom. The van der Waals surface area contributed by atoms with Gasteiger partial charge in [0.25, 0.3) is 0 Å². The van der Waals surface area contributed by atoms with E-state index in [1.807, 2.05) is 0 Å². The minimum absolute atomic E-state index is 1.12. The molecule has 16 heavy (non-hydrogen) atoms. The molecule has 1 saturated heterocycles. The van der Waals surface area contributed by atoms with Crippen LogP contribution in [-0.4, -0.2) is 75.2 Å². The van der Waals surface area contributed by atoms with Crippen molar-refractivity contribution in [1.82, 2.24) is 20.4 Å². The molecule has 0 spiro atoms. The molecule has 1 heterocycles. The van der Waals surface area contributed by atoms with Gasteiger partial charge in [-0.2, -0.15) is 0 Å². The van der Waals surface area contributed by atoms with Crippen molar-refractivity contribution in [3.8, 4) is 0 Å². The van der Waals surface area contributed by atoms with Crippen LogP contribution in [0.2, 0.25) is 0 Å². The molecule has 0 atom stereocenters. The van der Waals surface area contributed by atoms with E-state index < -0.39 is 0 Å². The Morgan fingerprint density at radius 3 is 1.25 bits per heavy atom. The largest absolute Gasteiger partial charge is 0.314 e. The minimum atomic E-state index is 1.12. The molecule has 2 N–H and O–H groups in total. The summed E-state index contributed by atoms with van der Waals surface area (Å²) in [6.07, 6.45) is 0. The highest BCUT2D eigenvalue weighted by Gasteiger charge is 2.05. The molecule has 0 unspecified atom stereocenters. The molecule has 4 nitrogen and oxygen atoms in total. The van der Waals surface area contributed by atoms with Gasteiger partial charge in [-0.1, -0.05) is 13.8 Å². The van der Waals surface area contributed by atoms with E-state index >= 15 is 0 Å². The van der Waals surface area contributed by atoms with E-state index in [2.05, 4.69) is 34.3 Å². The fourth-order valence-corrected chi connectivity index (χ4v) is 2.05. The van der Waals surface area contributed by atoms with Crippen molar-refractivity contribution in [2.24, 2.45) is 0 Å². The number of likely N-dealkylation sites (N-methyl/N-ethyl adjacent to an activating group) is 2. The Bertz CT molecular complexity index is 133. The van der Waals surface area contributed by atoms with Gasteiger partial charge in [-0.25, -0.2) is 0 Å². The molecule has 1 aliphatic heterocycles. The Morgan fingerprint density at radius 2 is 1.00 bits per heavy atom. The lowest BCUT2D eigenvalue weighted by Crippen LogP contribution is -2.43. The summed E-state index contributed by atoms with van der Waals surface area (Å²) in [7, 11) is 0. The number of hydrogen-bond acceptors (Lipinski definition) is 4. The zero-order chi connectivity index (χ0) is 11.6. The highest BCUT2D eigenvalue weighted by atomic mass is 15.2. The van der Waals surface area contributed by atoms with E-state index in [4.69, 9.17) is 0 Å². The van der Waals surface area contributed by atoms with Crippen molar-refractivity contribution in [2.45, 2.75) is 13.8 Å². The summed E-state index contributed by atoms with van der Waals surface area (Å²) in [5.41, 5.74) is 0. The molecule has 1 fully saturated rings. The molecule has 0 aliphatic carbocycles. The van der Waals surface area contributed by atoms with Crippen molar-refractivity contribution < 1.29 is 0 Å². The van der Waals surface area contributed by atoms with Gasteiger partial charge in [0.1, 0.15) is 0 Å². The quantitative estimate of drug-likeness (QED) is 0.687. The first-order valence-electron chi connectivity index (χ1n) is 6.73. The smallest absolute Gasteiger partial charge is 0.0107 e. The van der Waals surface area contributed by atoms with Crippen molar-refractivity contribution in [3.05, 3.63) is 0 Å². The zero-order valence-corrected chi connectivity index (χ0v) is 11.0. The Kier molecular flexibility index (Phi) is 7.76. The van der Waals surface area contributed by atoms with Crippen molar-refractivity contribution in [1.29, 1.82) is 0 Å². The second-order valence-corrected chi connectivity index (χ2v) is 4.37. The first kappa shape index (κ1) is 13.9. The third kappa shape index (κ3) is 5.80. The maximum absolute atomic E-state index is 3.53. The fraction of sp³-hybridized carbons (Fsp3) is 1.00. The van der Waals surface area contributed by atoms with Crippen LogP contribution in [0, 0.1) is 0 Å². The second-order valence-electron chi connectivity index (χ2n) is 4.37. The summed E-state index contributed by atoms with van der Waals surface area (Å²) < 4.78 is 0. The topological polar surface area (TPSA) is 30.5 Å². The summed E-state index contributed by atoms with van der Waals surface area (Å²) in [5, 5.41) is 7.06. The van der Waals surface area contributed by atoms with Gasteiger partial charge in [0.05, 0.1) is 0 Å². The highest BCUT2D eigenvalue weighted by molar-refractivity contribution is 4.65. The van der Waals surface area contributed by atoms with Gasteiger partial charge in [-0.05, 0) is 13.1 Å². The van der Waals surface area contributed by atoms with Gasteiger partial charge in [-0.3, -0.25) is 0 Å². The molecule has 96 valence electrons. The van der Waals surface area contributed by atoms with Crippen molar-refractivity contribution in [3.63, 3.8) is 0 Å². The van der Waals surface area contributed by atoms with E-state index in [0.717, 1.165) is 39.3 Å². The summed E-state index contributed by atoms with van der Waals surface area (Å²) in [6.45, 7) is 15.9. The number of nitrogens with zero attached hydrogens (tertiary/aromatic N) is 2. The van der Waals surface area contributed by atoms with Gasteiger partial charge >= 0.3 is 0 Å². The Labute approximate surface area is 100 Å². The monoisotopic (exact) mass is 228 g/mol.